The number of anilines is 1. The molecule has 0 bridgehead atoms. The van der Waals surface area contributed by atoms with Crippen LogP contribution in [-0.4, -0.2) is 21.2 Å². The average Bonchev–Trinajstić information content (AvgIpc) is 2.72. The Kier molecular flexibility index (Phi) is 3.65. The molecule has 17 heavy (non-hydrogen) atoms. The molecule has 0 radical (unpaired) electrons. The monoisotopic (exact) mass is 268 g/mol. The molecule has 0 amide bonds. The fourth-order valence-corrected chi connectivity index (χ4v) is 2.19. The summed E-state index contributed by atoms with van der Waals surface area (Å²) in [5.41, 5.74) is 0.274. The molecule has 0 saturated heterocycles. The van der Waals surface area contributed by atoms with Crippen LogP contribution in [0, 0.1) is 6.92 Å². The summed E-state index contributed by atoms with van der Waals surface area (Å²) in [6.45, 7) is 2.49. The summed E-state index contributed by atoms with van der Waals surface area (Å²) in [6.07, 6.45) is 3.74. The van der Waals surface area contributed by atoms with Crippen molar-refractivity contribution in [2.45, 2.75) is 13.5 Å². The smallest absolute Gasteiger partial charge is 0.156 e. The first kappa shape index (κ1) is 11.9. The van der Waals surface area contributed by atoms with Gasteiger partial charge in [-0.2, -0.15) is 0 Å². The number of nitrogens with zero attached hydrogens (tertiary/aromatic N) is 3. The van der Waals surface area contributed by atoms with Crippen LogP contribution in [0.3, 0.4) is 0 Å². The zero-order valence-corrected chi connectivity index (χ0v) is 10.5. The first-order valence-corrected chi connectivity index (χ1v) is 6.01. The Morgan fingerprint density at radius 2 is 2.29 bits per heavy atom. The van der Waals surface area contributed by atoms with Crippen molar-refractivity contribution in [2.75, 3.05) is 5.32 Å². The average molecular weight is 269 g/mol. The number of thiazole rings is 1. The first-order chi connectivity index (χ1) is 8.20. The molecule has 1 N–H and O–H groups in total. The van der Waals surface area contributed by atoms with Gasteiger partial charge in [0.05, 0.1) is 17.1 Å². The lowest BCUT2D eigenvalue weighted by Gasteiger charge is -2.06. The van der Waals surface area contributed by atoms with Crippen LogP contribution in [0.15, 0.2) is 12.5 Å². The van der Waals surface area contributed by atoms with E-state index >= 15 is 0 Å². The molecule has 2 heterocycles. The fraction of sp³-hybridized carbons (Fsp3) is 0.200. The van der Waals surface area contributed by atoms with E-state index in [1.165, 1.54) is 6.33 Å². The SMILES string of the molecule is Cc1ncc(CNc2ncnc(Cl)c2C=O)s1. The minimum atomic E-state index is 0.151. The molecule has 5 nitrogen and oxygen atoms in total. The molecule has 0 aliphatic rings. The number of aromatic nitrogens is 3. The standard InChI is InChI=1S/C10H9ClN4OS/c1-6-12-2-7(17-6)3-13-10-8(4-16)9(11)14-5-15-10/h2,4-5H,3H2,1H3,(H,13,14,15). The van der Waals surface area contributed by atoms with Gasteiger partial charge in [-0.15, -0.1) is 11.3 Å². The van der Waals surface area contributed by atoms with Crippen molar-refractivity contribution in [2.24, 2.45) is 0 Å². The van der Waals surface area contributed by atoms with Crippen LogP contribution >= 0.6 is 22.9 Å². The second-order valence-electron chi connectivity index (χ2n) is 3.24. The summed E-state index contributed by atoms with van der Waals surface area (Å²) in [5.74, 6) is 0.436. The quantitative estimate of drug-likeness (QED) is 0.681. The number of carbonyl (C=O) groups is 1. The number of carbonyl (C=O) groups excluding carboxylic acids is 1. The van der Waals surface area contributed by atoms with Crippen molar-refractivity contribution in [3.63, 3.8) is 0 Å². The van der Waals surface area contributed by atoms with Gasteiger partial charge in [0, 0.05) is 11.1 Å². The fourth-order valence-electron chi connectivity index (χ4n) is 1.28. The molecule has 0 saturated carbocycles. The second kappa shape index (κ2) is 5.20. The van der Waals surface area contributed by atoms with Gasteiger partial charge in [-0.1, -0.05) is 11.6 Å². The molecule has 2 aromatic heterocycles. The molecule has 0 fully saturated rings. The van der Waals surface area contributed by atoms with Gasteiger partial charge in [0.2, 0.25) is 0 Å². The van der Waals surface area contributed by atoms with Crippen LogP contribution in [0.25, 0.3) is 0 Å². The minimum absolute atomic E-state index is 0.151. The molecule has 0 spiro atoms. The number of nitrogens with one attached hydrogen (secondary N) is 1. The highest BCUT2D eigenvalue weighted by atomic mass is 35.5. The van der Waals surface area contributed by atoms with Crippen LogP contribution in [0.2, 0.25) is 5.15 Å². The number of aldehydes is 1. The predicted octanol–water partition coefficient (Wildman–Crippen LogP) is 2.32. The van der Waals surface area contributed by atoms with Crippen LogP contribution in [0.1, 0.15) is 20.2 Å². The highest BCUT2D eigenvalue weighted by Gasteiger charge is 2.08. The number of hydrogen-bond donors (Lipinski definition) is 1. The van der Waals surface area contributed by atoms with E-state index in [0.717, 1.165) is 9.88 Å². The number of halogens is 1. The zero-order chi connectivity index (χ0) is 12.3. The highest BCUT2D eigenvalue weighted by Crippen LogP contribution is 2.19. The van der Waals surface area contributed by atoms with Crippen LogP contribution in [0.4, 0.5) is 5.82 Å². The second-order valence-corrected chi connectivity index (χ2v) is 4.92. The molecular weight excluding hydrogens is 260 g/mol. The topological polar surface area (TPSA) is 67.8 Å². The van der Waals surface area contributed by atoms with Crippen molar-refractivity contribution in [3.05, 3.63) is 33.1 Å². The summed E-state index contributed by atoms with van der Waals surface area (Å²) in [7, 11) is 0. The van der Waals surface area contributed by atoms with E-state index < -0.39 is 0 Å². The molecule has 88 valence electrons. The normalized spacial score (nSPS) is 10.2. The highest BCUT2D eigenvalue weighted by molar-refractivity contribution is 7.11. The molecule has 0 aromatic carbocycles. The largest absolute Gasteiger partial charge is 0.364 e. The summed E-state index contributed by atoms with van der Waals surface area (Å²) < 4.78 is 0. The van der Waals surface area contributed by atoms with Gasteiger partial charge in [-0.25, -0.2) is 15.0 Å². The Bertz CT molecular complexity index is 543. The van der Waals surface area contributed by atoms with Crippen molar-refractivity contribution in [1.29, 1.82) is 0 Å². The third kappa shape index (κ3) is 2.78. The summed E-state index contributed by atoms with van der Waals surface area (Å²) in [6, 6.07) is 0. The lowest BCUT2D eigenvalue weighted by Crippen LogP contribution is -2.04. The van der Waals surface area contributed by atoms with Crippen LogP contribution in [-0.2, 0) is 6.54 Å². The number of hydrogen-bond acceptors (Lipinski definition) is 6. The maximum absolute atomic E-state index is 10.8. The molecule has 7 heteroatoms. The molecule has 2 rings (SSSR count). The van der Waals surface area contributed by atoms with E-state index in [4.69, 9.17) is 11.6 Å². The van der Waals surface area contributed by atoms with Crippen molar-refractivity contribution in [3.8, 4) is 0 Å². The Labute approximate surface area is 107 Å². The predicted molar refractivity (Wildman–Crippen MR) is 66.6 cm³/mol. The van der Waals surface area contributed by atoms with Gasteiger partial charge < -0.3 is 5.32 Å². The molecule has 0 aliphatic carbocycles. The van der Waals surface area contributed by atoms with Crippen molar-refractivity contribution >= 4 is 35.0 Å². The van der Waals surface area contributed by atoms with E-state index in [1.54, 1.807) is 17.5 Å². The van der Waals surface area contributed by atoms with Gasteiger partial charge in [-0.3, -0.25) is 4.79 Å². The lowest BCUT2D eigenvalue weighted by molar-refractivity contribution is 0.112. The summed E-state index contributed by atoms with van der Waals surface area (Å²) in [5, 5.41) is 4.19. The first-order valence-electron chi connectivity index (χ1n) is 4.81. The number of rotatable bonds is 4. The zero-order valence-electron chi connectivity index (χ0n) is 8.98. The van der Waals surface area contributed by atoms with Gasteiger partial charge in [0.25, 0.3) is 0 Å². The van der Waals surface area contributed by atoms with E-state index in [1.807, 2.05) is 6.92 Å². The van der Waals surface area contributed by atoms with Crippen LogP contribution in [0.5, 0.6) is 0 Å². The molecule has 0 aliphatic heterocycles. The van der Waals surface area contributed by atoms with Crippen molar-refractivity contribution in [1.82, 2.24) is 15.0 Å². The Morgan fingerprint density at radius 3 is 2.94 bits per heavy atom. The maximum atomic E-state index is 10.8. The van der Waals surface area contributed by atoms with Gasteiger partial charge >= 0.3 is 0 Å². The third-order valence-electron chi connectivity index (χ3n) is 2.05. The summed E-state index contributed by atoms with van der Waals surface area (Å²) >= 11 is 7.37. The third-order valence-corrected chi connectivity index (χ3v) is 3.27. The molecular formula is C10H9ClN4OS. The Balaban J connectivity index is 2.14. The molecule has 2 aromatic rings. The number of aryl methyl sites for hydroxylation is 1. The van der Waals surface area contributed by atoms with Gasteiger partial charge in [0.1, 0.15) is 17.3 Å². The lowest BCUT2D eigenvalue weighted by atomic mass is 10.3. The summed E-state index contributed by atoms with van der Waals surface area (Å²) in [4.78, 5) is 23.8. The molecule has 0 unspecified atom stereocenters. The van der Waals surface area contributed by atoms with Crippen LogP contribution < -0.4 is 5.32 Å². The molecule has 0 atom stereocenters. The van der Waals surface area contributed by atoms with E-state index in [0.29, 0.717) is 18.6 Å². The Morgan fingerprint density at radius 1 is 1.47 bits per heavy atom. The van der Waals surface area contributed by atoms with E-state index in [-0.39, 0.29) is 10.7 Å². The van der Waals surface area contributed by atoms with Crippen molar-refractivity contribution < 1.29 is 4.79 Å². The maximum Gasteiger partial charge on any atom is 0.156 e. The minimum Gasteiger partial charge on any atom is -0.364 e. The van der Waals surface area contributed by atoms with E-state index in [9.17, 15) is 4.79 Å². The Hall–Kier alpha value is -1.53. The van der Waals surface area contributed by atoms with E-state index in [2.05, 4.69) is 20.3 Å². The van der Waals surface area contributed by atoms with Gasteiger partial charge in [0.15, 0.2) is 6.29 Å². The van der Waals surface area contributed by atoms with Gasteiger partial charge in [-0.05, 0) is 6.92 Å².